The molecular formula is C6H12O3. The fraction of sp³-hybridized carbons (Fsp3) is 0.833. The maximum atomic E-state index is 10.2. The van der Waals surface area contributed by atoms with Crippen LogP contribution in [-0.2, 0) is 9.53 Å². The standard InChI is InChI=1S/C6H12O3/c1-5(7)9-4-6(2,3)8/h8H,4H2,1-3H3. The van der Waals surface area contributed by atoms with E-state index in [0.29, 0.717) is 0 Å². The van der Waals surface area contributed by atoms with Crippen molar-refractivity contribution in [1.29, 1.82) is 0 Å². The Kier molecular flexibility index (Phi) is 2.65. The smallest absolute Gasteiger partial charge is 0.302 e. The molecule has 0 atom stereocenters. The van der Waals surface area contributed by atoms with Gasteiger partial charge >= 0.3 is 5.97 Å². The molecule has 0 aliphatic rings. The number of carbonyl (C=O) groups excluding carboxylic acids is 1. The first-order chi connectivity index (χ1) is 3.92. The topological polar surface area (TPSA) is 46.5 Å². The molecule has 0 spiro atoms. The van der Waals surface area contributed by atoms with Crippen molar-refractivity contribution in [3.63, 3.8) is 0 Å². The number of esters is 1. The number of aliphatic hydroxyl groups is 1. The van der Waals surface area contributed by atoms with Crippen molar-refractivity contribution >= 4 is 5.97 Å². The first-order valence-electron chi connectivity index (χ1n) is 2.77. The minimum Gasteiger partial charge on any atom is -0.463 e. The van der Waals surface area contributed by atoms with E-state index >= 15 is 0 Å². The molecule has 0 unspecified atom stereocenters. The third kappa shape index (κ3) is 7.43. The number of carbonyl (C=O) groups is 1. The van der Waals surface area contributed by atoms with Gasteiger partial charge in [0.25, 0.3) is 0 Å². The van der Waals surface area contributed by atoms with Crippen LogP contribution in [0.4, 0.5) is 0 Å². The largest absolute Gasteiger partial charge is 0.463 e. The van der Waals surface area contributed by atoms with Gasteiger partial charge in [-0.1, -0.05) is 0 Å². The van der Waals surface area contributed by atoms with Crippen LogP contribution in [0, 0.1) is 0 Å². The van der Waals surface area contributed by atoms with Gasteiger partial charge in [-0.2, -0.15) is 0 Å². The molecule has 0 heterocycles. The highest BCUT2D eigenvalue weighted by molar-refractivity contribution is 5.65. The minimum atomic E-state index is -0.911. The molecule has 9 heavy (non-hydrogen) atoms. The van der Waals surface area contributed by atoms with Crippen molar-refractivity contribution < 1.29 is 14.6 Å². The van der Waals surface area contributed by atoms with Crippen molar-refractivity contribution in [2.24, 2.45) is 0 Å². The maximum absolute atomic E-state index is 10.2. The van der Waals surface area contributed by atoms with Gasteiger partial charge in [-0.3, -0.25) is 4.79 Å². The summed E-state index contributed by atoms with van der Waals surface area (Å²) in [4.78, 5) is 10.2. The van der Waals surface area contributed by atoms with Gasteiger partial charge in [-0.05, 0) is 13.8 Å². The molecule has 3 heteroatoms. The van der Waals surface area contributed by atoms with E-state index in [1.165, 1.54) is 6.92 Å². The Hall–Kier alpha value is -0.570. The fourth-order valence-electron chi connectivity index (χ4n) is 0.278. The van der Waals surface area contributed by atoms with Gasteiger partial charge in [-0.25, -0.2) is 0 Å². The molecule has 0 fully saturated rings. The minimum absolute atomic E-state index is 0.0579. The van der Waals surface area contributed by atoms with E-state index in [1.54, 1.807) is 13.8 Å². The highest BCUT2D eigenvalue weighted by Crippen LogP contribution is 2.00. The Morgan fingerprint density at radius 1 is 1.67 bits per heavy atom. The van der Waals surface area contributed by atoms with E-state index in [1.807, 2.05) is 0 Å². The van der Waals surface area contributed by atoms with Gasteiger partial charge in [0, 0.05) is 6.92 Å². The van der Waals surface area contributed by atoms with Gasteiger partial charge in [0.05, 0.1) is 5.60 Å². The zero-order valence-corrected chi connectivity index (χ0v) is 5.97. The van der Waals surface area contributed by atoms with Crippen molar-refractivity contribution in [3.8, 4) is 0 Å². The van der Waals surface area contributed by atoms with E-state index < -0.39 is 5.60 Å². The molecule has 0 rings (SSSR count). The normalized spacial score (nSPS) is 11.1. The summed E-state index contributed by atoms with van der Waals surface area (Å²) in [6, 6.07) is 0. The lowest BCUT2D eigenvalue weighted by atomic mass is 10.2. The van der Waals surface area contributed by atoms with Crippen LogP contribution in [0.3, 0.4) is 0 Å². The van der Waals surface area contributed by atoms with Crippen molar-refractivity contribution in [1.82, 2.24) is 0 Å². The molecule has 0 saturated carbocycles. The van der Waals surface area contributed by atoms with Crippen LogP contribution in [0.5, 0.6) is 0 Å². The highest BCUT2D eigenvalue weighted by Gasteiger charge is 2.13. The SMILES string of the molecule is CC(=O)OCC(C)(C)O. The second kappa shape index (κ2) is 2.82. The molecule has 3 nitrogen and oxygen atoms in total. The van der Waals surface area contributed by atoms with Gasteiger partial charge in [-0.15, -0.1) is 0 Å². The number of hydrogen-bond donors (Lipinski definition) is 1. The maximum Gasteiger partial charge on any atom is 0.302 e. The molecule has 0 aromatic rings. The van der Waals surface area contributed by atoms with Crippen LogP contribution < -0.4 is 0 Å². The fourth-order valence-corrected chi connectivity index (χ4v) is 0.278. The van der Waals surface area contributed by atoms with E-state index in [4.69, 9.17) is 5.11 Å². The van der Waals surface area contributed by atoms with Gasteiger partial charge in [0.2, 0.25) is 0 Å². The Bertz CT molecular complexity index is 101. The van der Waals surface area contributed by atoms with Gasteiger partial charge in [0.1, 0.15) is 6.61 Å². The zero-order valence-electron chi connectivity index (χ0n) is 5.97. The lowest BCUT2D eigenvalue weighted by Crippen LogP contribution is -2.27. The van der Waals surface area contributed by atoms with E-state index in [0.717, 1.165) is 0 Å². The summed E-state index contributed by atoms with van der Waals surface area (Å²) in [5.74, 6) is -0.364. The quantitative estimate of drug-likeness (QED) is 0.550. The highest BCUT2D eigenvalue weighted by atomic mass is 16.5. The monoisotopic (exact) mass is 132 g/mol. The summed E-state index contributed by atoms with van der Waals surface area (Å²) in [5.41, 5.74) is -0.911. The third-order valence-corrected chi connectivity index (χ3v) is 0.629. The summed E-state index contributed by atoms with van der Waals surface area (Å²) in [6.45, 7) is 4.53. The predicted octanol–water partition coefficient (Wildman–Crippen LogP) is 0.320. The van der Waals surface area contributed by atoms with Crippen LogP contribution in [0.25, 0.3) is 0 Å². The lowest BCUT2D eigenvalue weighted by molar-refractivity contribution is -0.147. The molecule has 54 valence electrons. The summed E-state index contributed by atoms with van der Waals surface area (Å²) >= 11 is 0. The lowest BCUT2D eigenvalue weighted by Gasteiger charge is -2.15. The number of hydrogen-bond acceptors (Lipinski definition) is 3. The summed E-state index contributed by atoms with van der Waals surface area (Å²) in [6.07, 6.45) is 0. The molecule has 0 saturated heterocycles. The van der Waals surface area contributed by atoms with Crippen LogP contribution in [0.1, 0.15) is 20.8 Å². The number of rotatable bonds is 2. The zero-order chi connectivity index (χ0) is 7.49. The second-order valence-electron chi connectivity index (χ2n) is 2.59. The summed E-state index contributed by atoms with van der Waals surface area (Å²) < 4.78 is 4.52. The average Bonchev–Trinajstić information content (AvgIpc) is 1.59. The third-order valence-electron chi connectivity index (χ3n) is 0.629. The van der Waals surface area contributed by atoms with Crippen LogP contribution >= 0.6 is 0 Å². The summed E-state index contributed by atoms with van der Waals surface area (Å²) in [7, 11) is 0. The molecule has 0 radical (unpaired) electrons. The van der Waals surface area contributed by atoms with Gasteiger partial charge in [0.15, 0.2) is 0 Å². The Labute approximate surface area is 54.6 Å². The molecule has 0 aliphatic heterocycles. The van der Waals surface area contributed by atoms with Crippen LogP contribution in [0.2, 0.25) is 0 Å². The van der Waals surface area contributed by atoms with Crippen LogP contribution in [0.15, 0.2) is 0 Å². The van der Waals surface area contributed by atoms with E-state index in [-0.39, 0.29) is 12.6 Å². The van der Waals surface area contributed by atoms with Crippen LogP contribution in [-0.4, -0.2) is 23.3 Å². The van der Waals surface area contributed by atoms with Crippen molar-refractivity contribution in [3.05, 3.63) is 0 Å². The molecule has 0 aromatic heterocycles. The van der Waals surface area contributed by atoms with Crippen molar-refractivity contribution in [2.45, 2.75) is 26.4 Å². The Balaban J connectivity index is 3.39. The molecule has 1 N–H and O–H groups in total. The van der Waals surface area contributed by atoms with Crippen molar-refractivity contribution in [2.75, 3.05) is 6.61 Å². The predicted molar refractivity (Wildman–Crippen MR) is 32.9 cm³/mol. The Morgan fingerprint density at radius 3 is 2.22 bits per heavy atom. The molecule has 0 amide bonds. The molecular weight excluding hydrogens is 120 g/mol. The number of ether oxygens (including phenoxy) is 1. The Morgan fingerprint density at radius 2 is 2.11 bits per heavy atom. The molecule has 0 aromatic carbocycles. The van der Waals surface area contributed by atoms with E-state index in [2.05, 4.69) is 4.74 Å². The first kappa shape index (κ1) is 8.43. The summed E-state index contributed by atoms with van der Waals surface area (Å²) in [5, 5.41) is 8.99. The molecule has 0 bridgehead atoms. The van der Waals surface area contributed by atoms with Gasteiger partial charge < -0.3 is 9.84 Å². The van der Waals surface area contributed by atoms with E-state index in [9.17, 15) is 4.79 Å². The molecule has 0 aliphatic carbocycles. The second-order valence-corrected chi connectivity index (χ2v) is 2.59. The first-order valence-corrected chi connectivity index (χ1v) is 2.77. The average molecular weight is 132 g/mol.